The van der Waals surface area contributed by atoms with Crippen molar-refractivity contribution in [2.24, 2.45) is 23.5 Å². The van der Waals surface area contributed by atoms with E-state index in [4.69, 9.17) is 28.9 Å². The van der Waals surface area contributed by atoms with Gasteiger partial charge in [-0.25, -0.2) is 4.79 Å². The number of ketones is 1. The fraction of sp³-hybridized carbons (Fsp3) is 0.607. The summed E-state index contributed by atoms with van der Waals surface area (Å²) in [5, 5.41) is 8.34. The van der Waals surface area contributed by atoms with E-state index in [1.54, 1.807) is 6.92 Å². The summed E-state index contributed by atoms with van der Waals surface area (Å²) in [4.78, 5) is 66.1. The summed E-state index contributed by atoms with van der Waals surface area (Å²) in [7, 11) is 0. The molecule has 1 aromatic carbocycles. The zero-order valence-corrected chi connectivity index (χ0v) is 24.6. The molecule has 5 atom stereocenters. The van der Waals surface area contributed by atoms with Gasteiger partial charge in [0.05, 0.1) is 6.04 Å². The number of urea groups is 1. The number of benzene rings is 1. The van der Waals surface area contributed by atoms with Crippen LogP contribution < -0.4 is 21.7 Å². The number of likely N-dealkylation sites (tertiary alicyclic amines) is 1. The van der Waals surface area contributed by atoms with Crippen molar-refractivity contribution in [2.75, 3.05) is 6.54 Å². The third kappa shape index (κ3) is 6.07. The lowest BCUT2D eigenvalue weighted by Crippen LogP contribution is -2.61. The molecular weight excluding hydrogens is 557 g/mol. The molecule has 1 aromatic rings. The molecule has 218 valence electrons. The molecule has 5 N–H and O–H groups in total. The molecule has 5 amide bonds. The van der Waals surface area contributed by atoms with Crippen LogP contribution in [0, 0.1) is 17.8 Å². The maximum Gasteiger partial charge on any atom is 0.315 e. The molecule has 2 fully saturated rings. The first-order valence-electron chi connectivity index (χ1n) is 13.6. The Morgan fingerprint density at radius 1 is 1.07 bits per heavy atom. The van der Waals surface area contributed by atoms with E-state index < -0.39 is 63.5 Å². The highest BCUT2D eigenvalue weighted by Crippen LogP contribution is 2.65. The first-order chi connectivity index (χ1) is 18.7. The van der Waals surface area contributed by atoms with Crippen LogP contribution in [0.15, 0.2) is 24.3 Å². The maximum absolute atomic E-state index is 14.2. The molecule has 4 rings (SSSR count). The molecule has 2 unspecified atom stereocenters. The summed E-state index contributed by atoms with van der Waals surface area (Å²) in [6.07, 6.45) is 1.88. The van der Waals surface area contributed by atoms with Crippen molar-refractivity contribution in [1.82, 2.24) is 20.9 Å². The van der Waals surface area contributed by atoms with Gasteiger partial charge >= 0.3 is 6.03 Å². The molecule has 1 saturated carbocycles. The predicted octanol–water partition coefficient (Wildman–Crippen LogP) is 1.84. The van der Waals surface area contributed by atoms with Crippen LogP contribution in [0.1, 0.15) is 51.7 Å². The average Bonchev–Trinajstić information content (AvgIpc) is 3.24. The normalized spacial score (nSPS) is 24.4. The van der Waals surface area contributed by atoms with Crippen molar-refractivity contribution in [2.45, 2.75) is 81.4 Å². The number of alkyl halides is 2. The van der Waals surface area contributed by atoms with E-state index in [1.165, 1.54) is 4.90 Å². The van der Waals surface area contributed by atoms with E-state index in [-0.39, 0.29) is 24.8 Å². The SMILES string of the molecule is CCCC(NC(=O)[C@@H]1[C@@H]2C(CN1C(=O)[C@@H](NC(=O)NC(C)(C)C)C1Cc3ccccc3C1)C2(Cl)Cl)C(=O)C(N)=O. The third-order valence-electron chi connectivity index (χ3n) is 7.93. The van der Waals surface area contributed by atoms with Crippen LogP contribution in [0.3, 0.4) is 0 Å². The number of carbonyl (C=O) groups is 5. The van der Waals surface area contributed by atoms with E-state index >= 15 is 0 Å². The number of primary amides is 1. The Labute approximate surface area is 244 Å². The van der Waals surface area contributed by atoms with Gasteiger partial charge in [-0.2, -0.15) is 0 Å². The molecule has 40 heavy (non-hydrogen) atoms. The second-order valence-corrected chi connectivity index (χ2v) is 13.5. The number of carbonyl (C=O) groups excluding carboxylic acids is 5. The zero-order valence-electron chi connectivity index (χ0n) is 23.1. The molecule has 0 bridgehead atoms. The molecule has 12 heteroatoms. The lowest BCUT2D eigenvalue weighted by molar-refractivity contribution is -0.143. The molecule has 1 saturated heterocycles. The highest BCUT2D eigenvalue weighted by Gasteiger charge is 2.74. The molecule has 0 radical (unpaired) electrons. The number of Topliss-reactive ketones (excluding diaryl/α,β-unsaturated/α-hetero) is 1. The Hall–Kier alpha value is -2.85. The highest BCUT2D eigenvalue weighted by atomic mass is 35.5. The van der Waals surface area contributed by atoms with Gasteiger partial charge < -0.3 is 26.6 Å². The van der Waals surface area contributed by atoms with E-state index in [2.05, 4.69) is 16.0 Å². The van der Waals surface area contributed by atoms with Gasteiger partial charge in [0.15, 0.2) is 0 Å². The van der Waals surface area contributed by atoms with Gasteiger partial charge in [-0.15, -0.1) is 23.2 Å². The summed E-state index contributed by atoms with van der Waals surface area (Å²) >= 11 is 13.0. The first kappa shape index (κ1) is 30.1. The average molecular weight is 595 g/mol. The van der Waals surface area contributed by atoms with E-state index in [0.717, 1.165) is 11.1 Å². The molecule has 0 aromatic heterocycles. The fourth-order valence-electron chi connectivity index (χ4n) is 6.03. The number of nitrogens with zero attached hydrogens (tertiary/aromatic N) is 1. The number of rotatable bonds is 9. The maximum atomic E-state index is 14.2. The molecule has 1 aliphatic heterocycles. The minimum atomic E-state index is -1.21. The Morgan fingerprint density at radius 2 is 1.68 bits per heavy atom. The van der Waals surface area contributed by atoms with Crippen LogP contribution >= 0.6 is 23.2 Å². The van der Waals surface area contributed by atoms with Crippen LogP contribution in [0.2, 0.25) is 0 Å². The number of halogens is 2. The summed E-state index contributed by atoms with van der Waals surface area (Å²) < 4.78 is -1.21. The molecule has 10 nitrogen and oxygen atoms in total. The number of nitrogens with one attached hydrogen (secondary N) is 3. The minimum Gasteiger partial charge on any atom is -0.363 e. The van der Waals surface area contributed by atoms with Crippen molar-refractivity contribution in [3.8, 4) is 0 Å². The summed E-state index contributed by atoms with van der Waals surface area (Å²) in [6, 6.07) is 4.26. The molecule has 3 aliphatic rings. The number of piperidine rings is 1. The van der Waals surface area contributed by atoms with Gasteiger partial charge in [-0.3, -0.25) is 19.2 Å². The van der Waals surface area contributed by atoms with Gasteiger partial charge in [-0.1, -0.05) is 37.6 Å². The van der Waals surface area contributed by atoms with Crippen LogP contribution in [0.4, 0.5) is 4.79 Å². The van der Waals surface area contributed by atoms with Crippen LogP contribution in [0.25, 0.3) is 0 Å². The van der Waals surface area contributed by atoms with Gasteiger partial charge in [0.1, 0.15) is 16.4 Å². The quantitative estimate of drug-likeness (QED) is 0.254. The van der Waals surface area contributed by atoms with Gasteiger partial charge in [-0.05, 0) is 57.1 Å². The Morgan fingerprint density at radius 3 is 2.20 bits per heavy atom. The van der Waals surface area contributed by atoms with Crippen molar-refractivity contribution < 1.29 is 24.0 Å². The second kappa shape index (κ2) is 11.2. The first-order valence-corrected chi connectivity index (χ1v) is 14.4. The third-order valence-corrected chi connectivity index (χ3v) is 9.00. The monoisotopic (exact) mass is 593 g/mol. The van der Waals surface area contributed by atoms with E-state index in [1.807, 2.05) is 45.0 Å². The van der Waals surface area contributed by atoms with Crippen molar-refractivity contribution in [3.63, 3.8) is 0 Å². The minimum absolute atomic E-state index is 0.121. The van der Waals surface area contributed by atoms with Crippen LogP contribution in [-0.2, 0) is 32.0 Å². The molecular formula is C28H37Cl2N5O5. The summed E-state index contributed by atoms with van der Waals surface area (Å²) in [5.41, 5.74) is 6.87. The predicted molar refractivity (Wildman–Crippen MR) is 151 cm³/mol. The van der Waals surface area contributed by atoms with E-state index in [9.17, 15) is 24.0 Å². The molecule has 0 spiro atoms. The van der Waals surface area contributed by atoms with E-state index in [0.29, 0.717) is 19.3 Å². The summed E-state index contributed by atoms with van der Waals surface area (Å²) in [6.45, 7) is 7.43. The Balaban J connectivity index is 1.60. The molecule has 2 aliphatic carbocycles. The number of amides is 5. The number of hydrogen-bond donors (Lipinski definition) is 4. The van der Waals surface area contributed by atoms with Crippen molar-refractivity contribution in [1.29, 1.82) is 0 Å². The largest absolute Gasteiger partial charge is 0.363 e. The van der Waals surface area contributed by atoms with Crippen molar-refractivity contribution in [3.05, 3.63) is 35.4 Å². The lowest BCUT2D eigenvalue weighted by Gasteiger charge is -2.35. The van der Waals surface area contributed by atoms with Crippen molar-refractivity contribution >= 4 is 52.7 Å². The standard InChI is InChI=1S/C28H37Cl2N5O5/c1-5-8-18(22(36)23(31)37)32-24(38)21-19-17(28(19,29)30)13-35(21)25(39)20(33-26(40)34-27(2,3)4)16-11-14-9-6-7-10-15(14)12-16/h6-7,9-10,16-21H,5,8,11-13H2,1-4H3,(H2,31,37)(H,32,38)(H2,33,34,40)/t17?,18?,19-,20-,21-/m0/s1. The Kier molecular flexibility index (Phi) is 8.43. The topological polar surface area (TPSA) is 151 Å². The smallest absolute Gasteiger partial charge is 0.315 e. The summed E-state index contributed by atoms with van der Waals surface area (Å²) in [5.74, 6) is -4.27. The van der Waals surface area contributed by atoms with Crippen LogP contribution in [-0.4, -0.2) is 69.0 Å². The highest BCUT2D eigenvalue weighted by molar-refractivity contribution is 6.51. The number of fused-ring (bicyclic) bond motifs is 2. The zero-order chi connectivity index (χ0) is 29.6. The van der Waals surface area contributed by atoms with Crippen LogP contribution in [0.5, 0.6) is 0 Å². The number of nitrogens with two attached hydrogens (primary N) is 1. The lowest BCUT2D eigenvalue weighted by atomic mass is 9.94. The Bertz CT molecular complexity index is 1190. The van der Waals surface area contributed by atoms with Gasteiger partial charge in [0.25, 0.3) is 5.91 Å². The van der Waals surface area contributed by atoms with Gasteiger partial charge in [0.2, 0.25) is 17.6 Å². The second-order valence-electron chi connectivity index (χ2n) is 12.1. The fourth-order valence-corrected chi connectivity index (χ4v) is 6.85. The molecule has 1 heterocycles. The van der Waals surface area contributed by atoms with Gasteiger partial charge in [0, 0.05) is 23.9 Å². The number of hydrogen-bond acceptors (Lipinski definition) is 5.